The van der Waals surface area contributed by atoms with E-state index in [2.05, 4.69) is 402 Å². The lowest BCUT2D eigenvalue weighted by molar-refractivity contribution is 0.342. The summed E-state index contributed by atoms with van der Waals surface area (Å²) in [5.74, 6) is 0. The fourth-order valence-corrected chi connectivity index (χ4v) is 22.5. The smallest absolute Gasteiger partial charge is 0.0224 e. The quantitative estimate of drug-likeness (QED) is 0.142. The zero-order chi connectivity index (χ0) is 85.3. The minimum absolute atomic E-state index is 0.00487. The lowest BCUT2D eigenvalue weighted by atomic mass is 9.60. The van der Waals surface area contributed by atoms with E-state index in [0.717, 1.165) is 32.1 Å². The van der Waals surface area contributed by atoms with E-state index in [1.54, 1.807) is 0 Å². The molecule has 0 nitrogen and oxygen atoms in total. The van der Waals surface area contributed by atoms with Gasteiger partial charge in [-0.1, -0.05) is 353 Å². The third-order valence-electron chi connectivity index (χ3n) is 30.2. The third kappa shape index (κ3) is 12.5. The Kier molecular flexibility index (Phi) is 17.7. The van der Waals surface area contributed by atoms with Gasteiger partial charge in [-0.3, -0.25) is 0 Å². The van der Waals surface area contributed by atoms with Gasteiger partial charge in [0.2, 0.25) is 0 Å². The highest BCUT2D eigenvalue weighted by Gasteiger charge is 2.54. The molecule has 12 aromatic carbocycles. The first-order valence-electron chi connectivity index (χ1n) is 45.3. The van der Waals surface area contributed by atoms with Gasteiger partial charge in [-0.25, -0.2) is 0 Å². The molecule has 0 heterocycles. The van der Waals surface area contributed by atoms with E-state index in [1.165, 1.54) is 223 Å². The van der Waals surface area contributed by atoms with Gasteiger partial charge in [-0.05, 0) is 346 Å². The summed E-state index contributed by atoms with van der Waals surface area (Å²) in [6, 6.07) is 82.2. The summed E-state index contributed by atoms with van der Waals surface area (Å²) in [4.78, 5) is 0. The lowest BCUT2D eigenvalue weighted by Gasteiger charge is -2.42. The van der Waals surface area contributed by atoms with Crippen molar-refractivity contribution in [1.82, 2.24) is 0 Å². The van der Waals surface area contributed by atoms with Crippen molar-refractivity contribution in [2.45, 2.75) is 305 Å². The number of benzene rings is 12. The van der Waals surface area contributed by atoms with Gasteiger partial charge in [0, 0.05) is 21.7 Å². The molecule has 12 aromatic rings. The Morgan fingerprint density at radius 2 is 0.429 bits per heavy atom. The molecule has 0 bridgehead atoms. The van der Waals surface area contributed by atoms with Crippen molar-refractivity contribution < 1.29 is 0 Å². The van der Waals surface area contributed by atoms with Gasteiger partial charge in [0.1, 0.15) is 0 Å². The van der Waals surface area contributed by atoms with Gasteiger partial charge in [0.25, 0.3) is 0 Å². The number of fused-ring (bicyclic) bond motifs is 18. The van der Waals surface area contributed by atoms with Crippen molar-refractivity contribution >= 4 is 0 Å². The maximum Gasteiger partial charge on any atom is 0.0224 e. The van der Waals surface area contributed by atoms with Crippen LogP contribution in [0.3, 0.4) is 0 Å². The molecule has 0 saturated carbocycles. The Hall–Kier alpha value is -9.36. The monoisotopic (exact) mass is 1560 g/mol. The molecule has 0 radical (unpaired) electrons. The molecule has 119 heavy (non-hydrogen) atoms. The minimum atomic E-state index is -0.510. The van der Waals surface area contributed by atoms with Crippen LogP contribution in [0.5, 0.6) is 0 Å². The molecule has 2 atom stereocenters. The van der Waals surface area contributed by atoms with Gasteiger partial charge in [-0.15, -0.1) is 0 Å². The van der Waals surface area contributed by atoms with Crippen LogP contribution in [0.2, 0.25) is 0 Å². The van der Waals surface area contributed by atoms with Gasteiger partial charge >= 0.3 is 0 Å². The highest BCUT2D eigenvalue weighted by molar-refractivity contribution is 6.00. The fraction of sp³-hybridized carbons (Fsp3) is 0.395. The molecule has 0 spiro atoms. The Bertz CT molecular complexity index is 5940. The predicted octanol–water partition coefficient (Wildman–Crippen LogP) is 32.9. The molecular formula is C119H132. The van der Waals surface area contributed by atoms with Crippen LogP contribution in [0.4, 0.5) is 0 Å². The number of hydrogen-bond donors (Lipinski definition) is 0. The number of rotatable bonds is 8. The summed E-state index contributed by atoms with van der Waals surface area (Å²) in [6.45, 7) is 72.6. The average molecular weight is 1560 g/mol. The molecule has 0 amide bonds. The summed E-state index contributed by atoms with van der Waals surface area (Å²) >= 11 is 0. The number of hydrogen-bond acceptors (Lipinski definition) is 0. The molecule has 608 valence electrons. The van der Waals surface area contributed by atoms with Crippen molar-refractivity contribution in [1.29, 1.82) is 0 Å². The minimum Gasteiger partial charge on any atom is -0.0642 e. The summed E-state index contributed by atoms with van der Waals surface area (Å²) < 4.78 is 0. The van der Waals surface area contributed by atoms with Crippen molar-refractivity contribution in [2.75, 3.05) is 0 Å². The second kappa shape index (κ2) is 26.1. The Labute approximate surface area is 716 Å². The van der Waals surface area contributed by atoms with Crippen LogP contribution in [-0.2, 0) is 77.8 Å². The first-order valence-corrected chi connectivity index (χ1v) is 45.3. The first kappa shape index (κ1) is 80.7. The molecule has 0 heteroatoms. The maximum atomic E-state index is 2.76. The van der Waals surface area contributed by atoms with Gasteiger partial charge in [0.05, 0.1) is 0 Å². The summed E-state index contributed by atoms with van der Waals surface area (Å²) in [5.41, 5.74) is 53.9. The third-order valence-corrected chi connectivity index (χ3v) is 30.2. The van der Waals surface area contributed by atoms with E-state index in [-0.39, 0.29) is 54.1 Å². The van der Waals surface area contributed by atoms with Crippen LogP contribution < -0.4 is 0 Å². The molecule has 2 unspecified atom stereocenters. The topological polar surface area (TPSA) is 0 Å². The van der Waals surface area contributed by atoms with E-state index < -0.39 is 10.8 Å². The normalized spacial score (nSPS) is 17.7. The molecule has 0 saturated heterocycles. The zero-order valence-electron chi connectivity index (χ0n) is 78.0. The molecule has 0 aromatic heterocycles. The van der Waals surface area contributed by atoms with Crippen LogP contribution in [0, 0.1) is 0 Å². The van der Waals surface area contributed by atoms with E-state index in [9.17, 15) is 0 Å². The van der Waals surface area contributed by atoms with E-state index >= 15 is 0 Å². The highest BCUT2D eigenvalue weighted by Crippen LogP contribution is 2.66. The summed E-state index contributed by atoms with van der Waals surface area (Å²) in [5, 5.41) is 0. The van der Waals surface area contributed by atoms with Gasteiger partial charge < -0.3 is 0 Å². The van der Waals surface area contributed by atoms with Crippen molar-refractivity contribution in [2.24, 2.45) is 0 Å². The van der Waals surface area contributed by atoms with Crippen molar-refractivity contribution in [3.8, 4) is 111 Å². The largest absolute Gasteiger partial charge is 0.0642 e. The Morgan fingerprint density at radius 1 is 0.202 bits per heavy atom. The van der Waals surface area contributed by atoms with Gasteiger partial charge in [0.15, 0.2) is 0 Å². The van der Waals surface area contributed by atoms with Crippen LogP contribution in [0.1, 0.15) is 338 Å². The van der Waals surface area contributed by atoms with Crippen molar-refractivity contribution in [3.63, 3.8) is 0 Å². The van der Waals surface area contributed by atoms with Crippen LogP contribution >= 0.6 is 0 Å². The fourth-order valence-electron chi connectivity index (χ4n) is 22.5. The highest BCUT2D eigenvalue weighted by atomic mass is 14.6. The Balaban J connectivity index is 0.932. The van der Waals surface area contributed by atoms with Crippen LogP contribution in [-0.4, -0.2) is 0 Å². The van der Waals surface area contributed by atoms with Crippen molar-refractivity contribution in [3.05, 3.63) is 305 Å². The molecular weight excluding hydrogens is 1430 g/mol. The standard InChI is InChI=1S/C119H132/c1-31-118(98-55-68(92-59-80(112(15,16)17)53-74-49-72-51-76(108(3,4)5)37-45-84(72)104(74)92)33-41-86(98)88-43-35-70(57-100(88)118)94-61-82(114(21,22)23)65-102-106(94)90-47-39-78(110(9,10)11)63-96(90)116(102,27)28)67-119(32-2)99-56-69(93-60-81(113(18,19)20)54-75-50-73-52-77(109(6,7)8)38-46-85(73)105(75)93)34-42-87(99)89-44-36-71(58-101(89)119)95-62-83(115(24,25)26)66-103-107(95)91-48-40-79(111(12,13)14)64-97(91)117(103,29)30/h33-48,51-66H,31-32,49-50,67H2,1-30H3. The molecule has 6 aliphatic rings. The molecule has 0 fully saturated rings. The Morgan fingerprint density at radius 3 is 0.697 bits per heavy atom. The molecule has 18 rings (SSSR count). The van der Waals surface area contributed by atoms with Gasteiger partial charge in [-0.2, -0.15) is 0 Å². The molecule has 0 aliphatic heterocycles. The zero-order valence-corrected chi connectivity index (χ0v) is 78.0. The summed E-state index contributed by atoms with van der Waals surface area (Å²) in [6.07, 6.45) is 4.53. The van der Waals surface area contributed by atoms with E-state index in [1.807, 2.05) is 0 Å². The molecule has 0 N–H and O–H groups in total. The van der Waals surface area contributed by atoms with E-state index in [0.29, 0.717) is 0 Å². The average Bonchev–Trinajstić information content (AvgIpc) is 1.53. The summed E-state index contributed by atoms with van der Waals surface area (Å²) in [7, 11) is 0. The predicted molar refractivity (Wildman–Crippen MR) is 513 cm³/mol. The van der Waals surface area contributed by atoms with Crippen LogP contribution in [0.15, 0.2) is 194 Å². The second-order valence-corrected chi connectivity index (χ2v) is 47.0. The van der Waals surface area contributed by atoms with Crippen LogP contribution in [0.25, 0.3) is 111 Å². The molecule has 6 aliphatic carbocycles. The first-order chi connectivity index (χ1) is 55.3. The lowest BCUT2D eigenvalue weighted by Crippen LogP contribution is -2.37. The SMILES string of the molecule is CCC1(CC2(CC)c3cc(-c4cc(C(C)(C)C)cc5c4-c4ccc(C(C)(C)C)cc4C5)ccc3-c3ccc(-c4cc(C(C)(C)C)cc5c4-c4ccc(C(C)(C)C)cc4C5(C)C)cc32)c2cc(-c3cc(C(C)(C)C)cc4c3-c3ccc(C(C)(C)C)cc3C4)ccc2-c2ccc(-c3cc(C(C)(C)C)cc4c3-c3ccc(C(C)(C)C)cc3C4(C)C)cc21. The maximum absolute atomic E-state index is 2.76. The van der Waals surface area contributed by atoms with E-state index in [4.69, 9.17) is 0 Å². The second-order valence-electron chi connectivity index (χ2n) is 47.0.